The Balaban J connectivity index is 2.46. The second kappa shape index (κ2) is 3.57. The average molecular weight is 204 g/mol. The first-order chi connectivity index (χ1) is 7.13. The third-order valence-electron chi connectivity index (χ3n) is 2.95. The summed E-state index contributed by atoms with van der Waals surface area (Å²) in [6.07, 6.45) is 0.829. The number of rotatable bonds is 1. The molecule has 0 bridgehead atoms. The molecule has 0 aromatic heterocycles. The Morgan fingerprint density at radius 1 is 1.47 bits per heavy atom. The Bertz CT molecular complexity index is 401. The number of anilines is 2. The Hall–Kier alpha value is -1.51. The first-order valence-electron chi connectivity index (χ1n) is 5.28. The van der Waals surface area contributed by atoms with Crippen molar-refractivity contribution >= 4 is 17.3 Å². The Labute approximate surface area is 90.1 Å². The van der Waals surface area contributed by atoms with Gasteiger partial charge in [-0.05, 0) is 31.0 Å². The van der Waals surface area contributed by atoms with Gasteiger partial charge in [-0.2, -0.15) is 0 Å². The van der Waals surface area contributed by atoms with Gasteiger partial charge in [0.25, 0.3) is 0 Å². The number of carbonyl (C=O) groups is 1. The van der Waals surface area contributed by atoms with E-state index in [1.165, 1.54) is 5.56 Å². The first kappa shape index (κ1) is 10.0. The third kappa shape index (κ3) is 1.58. The van der Waals surface area contributed by atoms with Crippen molar-refractivity contribution in [3.63, 3.8) is 0 Å². The summed E-state index contributed by atoms with van der Waals surface area (Å²) in [6.45, 7) is 4.09. The summed E-state index contributed by atoms with van der Waals surface area (Å²) in [5.74, 6) is 0.0938. The van der Waals surface area contributed by atoms with Gasteiger partial charge in [0, 0.05) is 7.05 Å². The van der Waals surface area contributed by atoms with Crippen molar-refractivity contribution in [2.75, 3.05) is 17.3 Å². The van der Waals surface area contributed by atoms with E-state index >= 15 is 0 Å². The molecular weight excluding hydrogens is 188 g/mol. The molecule has 1 heterocycles. The van der Waals surface area contributed by atoms with Gasteiger partial charge in [-0.15, -0.1) is 0 Å². The minimum atomic E-state index is -0.0423. The second-order valence-corrected chi connectivity index (χ2v) is 4.04. The smallest absolute Gasteiger partial charge is 0.247 e. The number of benzene rings is 1. The maximum atomic E-state index is 11.7. The van der Waals surface area contributed by atoms with Crippen LogP contribution in [0.3, 0.4) is 0 Å². The standard InChI is InChI=1S/C12H16N2O/c1-4-10-12(15)13-9-6-5-8(2)7-11(9)14(10)3/h5-7,10H,4H2,1-3H3,(H,13,15). The molecule has 0 saturated heterocycles. The minimum Gasteiger partial charge on any atom is -0.361 e. The molecular formula is C12H16N2O. The lowest BCUT2D eigenvalue weighted by molar-refractivity contribution is -0.117. The van der Waals surface area contributed by atoms with Gasteiger partial charge in [-0.1, -0.05) is 13.0 Å². The minimum absolute atomic E-state index is 0.0423. The normalized spacial score (nSPS) is 19.8. The van der Waals surface area contributed by atoms with E-state index in [9.17, 15) is 4.79 Å². The Morgan fingerprint density at radius 3 is 2.87 bits per heavy atom. The van der Waals surface area contributed by atoms with Gasteiger partial charge in [0.05, 0.1) is 11.4 Å². The monoisotopic (exact) mass is 204 g/mol. The van der Waals surface area contributed by atoms with Gasteiger partial charge < -0.3 is 10.2 Å². The first-order valence-corrected chi connectivity index (χ1v) is 5.28. The molecule has 1 aromatic rings. The molecule has 15 heavy (non-hydrogen) atoms. The van der Waals surface area contributed by atoms with Crippen LogP contribution in [-0.4, -0.2) is 19.0 Å². The number of amides is 1. The van der Waals surface area contributed by atoms with Crippen molar-refractivity contribution < 1.29 is 4.79 Å². The fraction of sp³-hybridized carbons (Fsp3) is 0.417. The highest BCUT2D eigenvalue weighted by atomic mass is 16.2. The van der Waals surface area contributed by atoms with E-state index in [4.69, 9.17) is 0 Å². The highest BCUT2D eigenvalue weighted by Crippen LogP contribution is 2.32. The highest BCUT2D eigenvalue weighted by Gasteiger charge is 2.28. The number of likely N-dealkylation sites (N-methyl/N-ethyl adjacent to an activating group) is 1. The summed E-state index contributed by atoms with van der Waals surface area (Å²) in [5, 5.41) is 2.94. The molecule has 1 aliphatic rings. The van der Waals surface area contributed by atoms with Crippen LogP contribution in [0.2, 0.25) is 0 Å². The van der Waals surface area contributed by atoms with E-state index in [-0.39, 0.29) is 11.9 Å². The maximum Gasteiger partial charge on any atom is 0.247 e. The summed E-state index contributed by atoms with van der Waals surface area (Å²) in [4.78, 5) is 13.8. The molecule has 1 aromatic carbocycles. The number of hydrogen-bond acceptors (Lipinski definition) is 2. The maximum absolute atomic E-state index is 11.7. The molecule has 3 nitrogen and oxygen atoms in total. The van der Waals surface area contributed by atoms with Crippen LogP contribution in [0.25, 0.3) is 0 Å². The predicted molar refractivity (Wildman–Crippen MR) is 62.3 cm³/mol. The number of nitrogens with one attached hydrogen (secondary N) is 1. The van der Waals surface area contributed by atoms with Gasteiger partial charge in [-0.3, -0.25) is 4.79 Å². The largest absolute Gasteiger partial charge is 0.361 e. The van der Waals surface area contributed by atoms with Crippen LogP contribution in [0.15, 0.2) is 18.2 Å². The third-order valence-corrected chi connectivity index (χ3v) is 2.95. The second-order valence-electron chi connectivity index (χ2n) is 4.04. The fourth-order valence-electron chi connectivity index (χ4n) is 2.06. The topological polar surface area (TPSA) is 32.3 Å². The zero-order valence-electron chi connectivity index (χ0n) is 9.37. The number of nitrogens with zero attached hydrogens (tertiary/aromatic N) is 1. The quantitative estimate of drug-likeness (QED) is 0.760. The zero-order valence-corrected chi connectivity index (χ0v) is 9.37. The van der Waals surface area contributed by atoms with E-state index in [0.29, 0.717) is 0 Å². The van der Waals surface area contributed by atoms with Crippen LogP contribution in [-0.2, 0) is 4.79 Å². The van der Waals surface area contributed by atoms with E-state index < -0.39 is 0 Å². The molecule has 0 fully saturated rings. The van der Waals surface area contributed by atoms with Gasteiger partial charge in [0.1, 0.15) is 6.04 Å². The predicted octanol–water partition coefficient (Wildman–Crippen LogP) is 2.16. The van der Waals surface area contributed by atoms with Crippen LogP contribution in [0, 0.1) is 6.92 Å². The van der Waals surface area contributed by atoms with E-state index in [1.54, 1.807) is 0 Å². The molecule has 0 radical (unpaired) electrons. The molecule has 1 unspecified atom stereocenters. The van der Waals surface area contributed by atoms with Crippen LogP contribution in [0.5, 0.6) is 0 Å². The average Bonchev–Trinajstić information content (AvgIpc) is 2.20. The van der Waals surface area contributed by atoms with Crippen molar-refractivity contribution in [1.29, 1.82) is 0 Å². The Kier molecular flexibility index (Phi) is 2.39. The molecule has 2 rings (SSSR count). The molecule has 0 spiro atoms. The van der Waals surface area contributed by atoms with Crippen LogP contribution in [0.1, 0.15) is 18.9 Å². The lowest BCUT2D eigenvalue weighted by Crippen LogP contribution is -2.45. The van der Waals surface area contributed by atoms with Crippen LogP contribution >= 0.6 is 0 Å². The molecule has 0 aliphatic carbocycles. The molecule has 1 N–H and O–H groups in total. The summed E-state index contributed by atoms with van der Waals surface area (Å²) >= 11 is 0. The van der Waals surface area contributed by atoms with Crippen LogP contribution < -0.4 is 10.2 Å². The molecule has 1 atom stereocenters. The number of carbonyl (C=O) groups excluding carboxylic acids is 1. The molecule has 80 valence electrons. The number of aryl methyl sites for hydroxylation is 1. The zero-order chi connectivity index (χ0) is 11.0. The molecule has 1 amide bonds. The lowest BCUT2D eigenvalue weighted by Gasteiger charge is -2.34. The fourth-order valence-corrected chi connectivity index (χ4v) is 2.06. The van der Waals surface area contributed by atoms with E-state index in [2.05, 4.69) is 23.2 Å². The van der Waals surface area contributed by atoms with Gasteiger partial charge in [-0.25, -0.2) is 0 Å². The summed E-state index contributed by atoms with van der Waals surface area (Å²) in [7, 11) is 1.98. The van der Waals surface area contributed by atoms with Crippen molar-refractivity contribution in [2.45, 2.75) is 26.3 Å². The highest BCUT2D eigenvalue weighted by molar-refractivity contribution is 6.03. The number of hydrogen-bond donors (Lipinski definition) is 1. The summed E-state index contributed by atoms with van der Waals surface area (Å²) in [5.41, 5.74) is 3.24. The Morgan fingerprint density at radius 2 is 2.20 bits per heavy atom. The molecule has 3 heteroatoms. The van der Waals surface area contributed by atoms with Gasteiger partial charge in [0.15, 0.2) is 0 Å². The van der Waals surface area contributed by atoms with Crippen molar-refractivity contribution in [3.05, 3.63) is 23.8 Å². The molecule has 1 aliphatic heterocycles. The van der Waals surface area contributed by atoms with Crippen molar-refractivity contribution in [3.8, 4) is 0 Å². The summed E-state index contributed by atoms with van der Waals surface area (Å²) < 4.78 is 0. The van der Waals surface area contributed by atoms with E-state index in [0.717, 1.165) is 17.8 Å². The van der Waals surface area contributed by atoms with E-state index in [1.807, 2.05) is 26.1 Å². The number of fused-ring (bicyclic) bond motifs is 1. The van der Waals surface area contributed by atoms with Crippen molar-refractivity contribution in [2.24, 2.45) is 0 Å². The summed E-state index contributed by atoms with van der Waals surface area (Å²) in [6, 6.07) is 6.04. The van der Waals surface area contributed by atoms with Gasteiger partial charge >= 0.3 is 0 Å². The molecule has 0 saturated carbocycles. The lowest BCUT2D eigenvalue weighted by atomic mass is 10.1. The van der Waals surface area contributed by atoms with Crippen LogP contribution in [0.4, 0.5) is 11.4 Å². The SMILES string of the molecule is CCC1C(=O)Nc2ccc(C)cc2N1C. The van der Waals surface area contributed by atoms with Gasteiger partial charge in [0.2, 0.25) is 5.91 Å². The van der Waals surface area contributed by atoms with Crippen molar-refractivity contribution in [1.82, 2.24) is 0 Å².